The monoisotopic (exact) mass is 821 g/mol. The molecule has 0 bridgehead atoms. The van der Waals surface area contributed by atoms with E-state index in [2.05, 4.69) is 134 Å². The second-order valence-corrected chi connectivity index (χ2v) is 15.4. The molecule has 0 aliphatic carbocycles. The smallest absolute Gasteiger partial charge is 0.156 e. The van der Waals surface area contributed by atoms with E-state index in [0.29, 0.717) is 0 Å². The highest BCUT2D eigenvalue weighted by molar-refractivity contribution is 5.55. The van der Waals surface area contributed by atoms with Gasteiger partial charge in [0.1, 0.15) is 40.1 Å². The molecule has 0 unspecified atom stereocenters. The van der Waals surface area contributed by atoms with E-state index in [1.54, 1.807) is 6.20 Å². The molecule has 0 N–H and O–H groups in total. The maximum absolute atomic E-state index is 4.46. The highest BCUT2D eigenvalue weighted by Gasteiger charge is 2.06. The highest BCUT2D eigenvalue weighted by atomic mass is 15.3. The molecule has 61 heavy (non-hydrogen) atoms. The molecule has 0 radical (unpaired) electrons. The zero-order chi connectivity index (χ0) is 43.6. The summed E-state index contributed by atoms with van der Waals surface area (Å²) in [5, 5.41) is 13.0. The molecule has 10 heterocycles. The average molecular weight is 821 g/mol. The summed E-state index contributed by atoms with van der Waals surface area (Å²) in [6.45, 7) is 30.2. The molecule has 0 saturated carbocycles. The van der Waals surface area contributed by atoms with Gasteiger partial charge in [-0.3, -0.25) is 4.40 Å². The summed E-state index contributed by atoms with van der Waals surface area (Å²) in [7, 11) is 0. The molecule has 0 aliphatic rings. The number of imidazole rings is 2. The van der Waals surface area contributed by atoms with Crippen molar-refractivity contribution in [3.63, 3.8) is 0 Å². The molecular weight excluding hydrogens is 761 g/mol. The van der Waals surface area contributed by atoms with Crippen molar-refractivity contribution in [1.82, 2.24) is 67.5 Å². The van der Waals surface area contributed by atoms with Crippen LogP contribution in [0.25, 0.3) is 28.0 Å². The molecule has 318 valence electrons. The van der Waals surface area contributed by atoms with Gasteiger partial charge < -0.3 is 4.40 Å². The summed E-state index contributed by atoms with van der Waals surface area (Å²) < 4.78 is 9.80. The van der Waals surface area contributed by atoms with Crippen LogP contribution in [0.3, 0.4) is 0 Å². The van der Waals surface area contributed by atoms with E-state index < -0.39 is 0 Å². The summed E-state index contributed by atoms with van der Waals surface area (Å²) in [5.41, 5.74) is 17.8. The number of aryl methyl sites for hydroxylation is 15. The molecule has 0 saturated heterocycles. The Kier molecular flexibility index (Phi) is 13.8. The zero-order valence-electron chi connectivity index (χ0n) is 37.6. The Morgan fingerprint density at radius 2 is 1.02 bits per heavy atom. The number of hydrogen-bond donors (Lipinski definition) is 0. The third-order valence-corrected chi connectivity index (χ3v) is 10.1. The third-order valence-electron chi connectivity index (χ3n) is 10.1. The minimum absolute atomic E-state index is 0. The molecule has 10 aromatic heterocycles. The molecule has 0 fully saturated rings. The van der Waals surface area contributed by atoms with Gasteiger partial charge in [-0.2, -0.15) is 15.3 Å². The molecule has 10 rings (SSSR count). The summed E-state index contributed by atoms with van der Waals surface area (Å²) in [5.74, 6) is 3.51. The van der Waals surface area contributed by atoms with E-state index in [-0.39, 0.29) is 7.43 Å². The van der Waals surface area contributed by atoms with Crippen LogP contribution in [0.5, 0.6) is 0 Å². The third kappa shape index (κ3) is 9.97. The van der Waals surface area contributed by atoms with Crippen molar-refractivity contribution in [1.29, 1.82) is 0 Å². The molecule has 0 atom stereocenters. The van der Waals surface area contributed by atoms with Crippen molar-refractivity contribution < 1.29 is 0 Å². The van der Waals surface area contributed by atoms with E-state index in [9.17, 15) is 0 Å². The van der Waals surface area contributed by atoms with Crippen molar-refractivity contribution in [2.45, 2.75) is 111 Å². The minimum Gasteiger partial charge on any atom is -0.306 e. The van der Waals surface area contributed by atoms with Crippen LogP contribution < -0.4 is 0 Å². The predicted octanol–water partition coefficient (Wildman–Crippen LogP) is 9.51. The highest BCUT2D eigenvalue weighted by Crippen LogP contribution is 2.15. The summed E-state index contributed by atoms with van der Waals surface area (Å²) in [6, 6.07) is 14.6. The second kappa shape index (κ2) is 18.6. The van der Waals surface area contributed by atoms with Crippen LogP contribution in [-0.4, -0.2) is 67.5 Å². The van der Waals surface area contributed by atoms with Crippen molar-refractivity contribution >= 4 is 28.0 Å². The van der Waals surface area contributed by atoms with Crippen molar-refractivity contribution in [2.24, 2.45) is 0 Å². The Morgan fingerprint density at radius 1 is 0.393 bits per heavy atom. The molecule has 14 heteroatoms. The second-order valence-electron chi connectivity index (χ2n) is 15.4. The van der Waals surface area contributed by atoms with E-state index in [4.69, 9.17) is 0 Å². The molecule has 0 amide bonds. The van der Waals surface area contributed by atoms with E-state index >= 15 is 0 Å². The van der Waals surface area contributed by atoms with Gasteiger partial charge in [-0.05, 0) is 169 Å². The van der Waals surface area contributed by atoms with Gasteiger partial charge in [0.05, 0.1) is 40.7 Å². The molecule has 0 spiro atoms. The molecule has 0 aliphatic heterocycles. The fourth-order valence-electron chi connectivity index (χ4n) is 7.11. The van der Waals surface area contributed by atoms with Crippen LogP contribution in [0.2, 0.25) is 0 Å². The Bertz CT molecular complexity index is 2630. The van der Waals surface area contributed by atoms with Gasteiger partial charge in [0.2, 0.25) is 0 Å². The average Bonchev–Trinajstić information content (AvgIpc) is 4.01. The summed E-state index contributed by atoms with van der Waals surface area (Å²) in [6.07, 6.45) is 7.70. The number of hydrogen-bond acceptors (Lipinski definition) is 9. The van der Waals surface area contributed by atoms with E-state index in [0.717, 1.165) is 74.2 Å². The van der Waals surface area contributed by atoms with Gasteiger partial charge in [0.25, 0.3) is 0 Å². The molecule has 0 aromatic carbocycles. The maximum atomic E-state index is 4.46. The number of rotatable bonds is 0. The Hall–Kier alpha value is -6.83. The lowest BCUT2D eigenvalue weighted by molar-refractivity contribution is 0.807. The van der Waals surface area contributed by atoms with Crippen molar-refractivity contribution in [3.8, 4) is 0 Å². The van der Waals surface area contributed by atoms with Crippen molar-refractivity contribution in [2.75, 3.05) is 0 Å². The normalized spacial score (nSPS) is 10.7. The number of nitrogens with zero attached hydrogens (tertiary/aromatic N) is 14. The van der Waals surface area contributed by atoms with Gasteiger partial charge in [0, 0.05) is 29.5 Å². The van der Waals surface area contributed by atoms with Crippen molar-refractivity contribution in [3.05, 3.63) is 153 Å². The van der Waals surface area contributed by atoms with Crippen LogP contribution in [0.15, 0.2) is 67.3 Å². The van der Waals surface area contributed by atoms with Crippen LogP contribution in [-0.2, 0) is 0 Å². The fourth-order valence-corrected chi connectivity index (χ4v) is 7.11. The van der Waals surface area contributed by atoms with Crippen LogP contribution in [0.4, 0.5) is 0 Å². The van der Waals surface area contributed by atoms with Crippen LogP contribution >= 0.6 is 0 Å². The lowest BCUT2D eigenvalue weighted by atomic mass is 10.2. The first kappa shape index (κ1) is 45.3. The Labute approximate surface area is 358 Å². The van der Waals surface area contributed by atoms with E-state index in [1.165, 1.54) is 39.2 Å². The minimum atomic E-state index is 0. The predicted molar refractivity (Wildman–Crippen MR) is 245 cm³/mol. The van der Waals surface area contributed by atoms with Crippen LogP contribution in [0.1, 0.15) is 92.8 Å². The summed E-state index contributed by atoms with van der Waals surface area (Å²) in [4.78, 5) is 25.7. The maximum Gasteiger partial charge on any atom is 0.156 e. The number of aromatic nitrogens is 14. The van der Waals surface area contributed by atoms with Gasteiger partial charge in [-0.1, -0.05) is 7.43 Å². The lowest BCUT2D eigenvalue weighted by Crippen LogP contribution is -2.01. The van der Waals surface area contributed by atoms with Gasteiger partial charge in [-0.25, -0.2) is 43.5 Å². The number of fused-ring (bicyclic) bond motifs is 5. The Balaban J connectivity index is 0.000000144. The largest absolute Gasteiger partial charge is 0.306 e. The standard InChI is InChI=1S/2C10H12N2.2C9H11N3.C8H10N4.CH4/c1-7-6-8(2)11-12-9(3)4-5-10(7)12;1-7-4-5-12-9(3)6-8(2)11-10(7)12;1-6-4-7(2)11-12-8(3)5-10-9(6)12;1-6-4-5-12-8(3)10-7(2)11-9(6)12;1-5-8-4-9-7(3)12(8)11-6(2)10-5;/h2*4-6H,1-3H3;2*4-5H,1-3H3;4H,1-3H3;1H4. The molecular formula is C47H60N14. The molecule has 10 aromatic rings. The topological polar surface area (TPSA) is 138 Å². The van der Waals surface area contributed by atoms with Gasteiger partial charge >= 0.3 is 0 Å². The summed E-state index contributed by atoms with van der Waals surface area (Å²) >= 11 is 0. The van der Waals surface area contributed by atoms with Crippen LogP contribution in [0, 0.1) is 104 Å². The zero-order valence-corrected chi connectivity index (χ0v) is 37.6. The first-order valence-electron chi connectivity index (χ1n) is 20.0. The van der Waals surface area contributed by atoms with Gasteiger partial charge in [0.15, 0.2) is 5.65 Å². The quantitative estimate of drug-likeness (QED) is 0.146. The first-order valence-corrected chi connectivity index (χ1v) is 20.0. The molecule has 14 nitrogen and oxygen atoms in total. The SMILES string of the molecule is C.Cc1cc(C)c2ccc(C)n2n1.Cc1cc(C)c2ncc(C)n2n1.Cc1cc(C)n2ccc(C)c2n1.Cc1nc(C)c2cnc(C)n2n1.Cc1nc(C)n2ccc(C)c2n1. The lowest BCUT2D eigenvalue weighted by Gasteiger charge is -2.01. The Morgan fingerprint density at radius 3 is 1.70 bits per heavy atom. The fraction of sp³-hybridized carbons (Fsp3) is 0.340. The van der Waals surface area contributed by atoms with Gasteiger partial charge in [-0.15, -0.1) is 0 Å². The first-order chi connectivity index (χ1) is 28.4. The van der Waals surface area contributed by atoms with E-state index in [1.807, 2.05) is 98.7 Å².